The molecule has 0 amide bonds. The van der Waals surface area contributed by atoms with E-state index in [2.05, 4.69) is 5.32 Å². The van der Waals surface area contributed by atoms with Crippen molar-refractivity contribution < 1.29 is 18.7 Å². The van der Waals surface area contributed by atoms with E-state index in [-0.39, 0.29) is 21.4 Å². The molecule has 21 heavy (non-hydrogen) atoms. The van der Waals surface area contributed by atoms with Crippen LogP contribution in [-0.2, 0) is 0 Å². The quantitative estimate of drug-likeness (QED) is 0.732. The summed E-state index contributed by atoms with van der Waals surface area (Å²) < 4.78 is 26.5. The Kier molecular flexibility index (Phi) is 4.20. The number of hydrogen-bond donors (Lipinski definition) is 3. The zero-order chi connectivity index (χ0) is 15.7. The summed E-state index contributed by atoms with van der Waals surface area (Å²) in [5.41, 5.74) is 4.50. The number of carboxylic acids is 1. The van der Waals surface area contributed by atoms with Crippen LogP contribution in [0.4, 0.5) is 25.8 Å². The second-order valence-electron chi connectivity index (χ2n) is 4.06. The van der Waals surface area contributed by atoms with Crippen LogP contribution in [0, 0.1) is 11.6 Å². The molecule has 4 N–H and O–H groups in total. The zero-order valence-corrected chi connectivity index (χ0v) is 11.8. The van der Waals surface area contributed by atoms with Crippen molar-refractivity contribution >= 4 is 46.2 Å². The highest BCUT2D eigenvalue weighted by molar-refractivity contribution is 6.39. The lowest BCUT2D eigenvalue weighted by atomic mass is 10.1. The van der Waals surface area contributed by atoms with E-state index in [0.29, 0.717) is 0 Å². The molecular weight excluding hydrogens is 325 g/mol. The monoisotopic (exact) mass is 332 g/mol. The van der Waals surface area contributed by atoms with Crippen LogP contribution in [0.2, 0.25) is 10.0 Å². The van der Waals surface area contributed by atoms with Gasteiger partial charge < -0.3 is 16.2 Å². The van der Waals surface area contributed by atoms with Crippen molar-refractivity contribution in [1.82, 2.24) is 0 Å². The van der Waals surface area contributed by atoms with E-state index in [0.717, 1.165) is 18.2 Å². The fourth-order valence-electron chi connectivity index (χ4n) is 1.72. The number of rotatable bonds is 3. The van der Waals surface area contributed by atoms with Gasteiger partial charge in [0, 0.05) is 0 Å². The van der Waals surface area contributed by atoms with E-state index in [9.17, 15) is 13.6 Å². The molecule has 0 saturated carbocycles. The molecule has 0 saturated heterocycles. The minimum atomic E-state index is -1.43. The number of hydrogen-bond acceptors (Lipinski definition) is 3. The summed E-state index contributed by atoms with van der Waals surface area (Å²) in [6.07, 6.45) is 0. The molecule has 0 atom stereocenters. The summed E-state index contributed by atoms with van der Waals surface area (Å²) in [6.45, 7) is 0. The Morgan fingerprint density at radius 1 is 1.19 bits per heavy atom. The fraction of sp³-hybridized carbons (Fsp3) is 0. The molecule has 8 heteroatoms. The van der Waals surface area contributed by atoms with Gasteiger partial charge in [-0.25, -0.2) is 13.6 Å². The van der Waals surface area contributed by atoms with Crippen LogP contribution in [0.25, 0.3) is 0 Å². The van der Waals surface area contributed by atoms with Gasteiger partial charge in [-0.3, -0.25) is 0 Å². The van der Waals surface area contributed by atoms with Crippen molar-refractivity contribution in [2.75, 3.05) is 11.1 Å². The van der Waals surface area contributed by atoms with Gasteiger partial charge in [-0.05, 0) is 24.3 Å². The second kappa shape index (κ2) is 5.75. The molecule has 0 unspecified atom stereocenters. The molecule has 2 aromatic rings. The fourth-order valence-corrected chi connectivity index (χ4v) is 2.28. The van der Waals surface area contributed by atoms with Gasteiger partial charge in [0.15, 0.2) is 0 Å². The van der Waals surface area contributed by atoms with Crippen LogP contribution < -0.4 is 11.1 Å². The number of carboxylic acid groups (broad SMARTS) is 1. The molecule has 2 aromatic carbocycles. The Morgan fingerprint density at radius 3 is 2.29 bits per heavy atom. The van der Waals surface area contributed by atoms with Crippen molar-refractivity contribution in [3.63, 3.8) is 0 Å². The van der Waals surface area contributed by atoms with E-state index in [4.69, 9.17) is 34.0 Å². The number of halogens is 4. The van der Waals surface area contributed by atoms with E-state index >= 15 is 0 Å². The van der Waals surface area contributed by atoms with Gasteiger partial charge in [0.2, 0.25) is 0 Å². The second-order valence-corrected chi connectivity index (χ2v) is 4.87. The normalized spacial score (nSPS) is 10.5. The highest BCUT2D eigenvalue weighted by Gasteiger charge is 2.19. The smallest absolute Gasteiger partial charge is 0.340 e. The first kappa shape index (κ1) is 15.3. The molecule has 0 aromatic heterocycles. The van der Waals surface area contributed by atoms with Crippen molar-refractivity contribution in [1.29, 1.82) is 0 Å². The van der Waals surface area contributed by atoms with Crippen LogP contribution in [0.1, 0.15) is 10.4 Å². The molecule has 110 valence electrons. The van der Waals surface area contributed by atoms with Gasteiger partial charge >= 0.3 is 5.97 Å². The van der Waals surface area contributed by atoms with E-state index in [1.165, 1.54) is 6.07 Å². The van der Waals surface area contributed by atoms with Gasteiger partial charge in [0.25, 0.3) is 0 Å². The standard InChI is InChI=1S/C13H8Cl2F2N2O2/c14-6-3-5(16)4-7(15)12(6)19-9-2-1-8(17)11(18)10(9)13(20)21/h1-4,19H,18H2,(H,20,21). The Morgan fingerprint density at radius 2 is 1.76 bits per heavy atom. The predicted molar refractivity (Wildman–Crippen MR) is 77.5 cm³/mol. The van der Waals surface area contributed by atoms with Crippen molar-refractivity contribution in [2.24, 2.45) is 0 Å². The highest BCUT2D eigenvalue weighted by atomic mass is 35.5. The molecule has 0 aliphatic rings. The predicted octanol–water partition coefficient (Wildman–Crippen LogP) is 4.30. The van der Waals surface area contributed by atoms with Crippen molar-refractivity contribution in [2.45, 2.75) is 0 Å². The first-order valence-electron chi connectivity index (χ1n) is 5.54. The van der Waals surface area contributed by atoms with Crippen molar-refractivity contribution in [3.05, 3.63) is 51.5 Å². The molecule has 0 radical (unpaired) electrons. The van der Waals surface area contributed by atoms with E-state index < -0.39 is 28.9 Å². The summed E-state index contributed by atoms with van der Waals surface area (Å²) in [4.78, 5) is 11.2. The average molecular weight is 333 g/mol. The molecule has 4 nitrogen and oxygen atoms in total. The van der Waals surface area contributed by atoms with Crippen molar-refractivity contribution in [3.8, 4) is 0 Å². The summed E-state index contributed by atoms with van der Waals surface area (Å²) in [6, 6.07) is 4.17. The summed E-state index contributed by atoms with van der Waals surface area (Å²) in [5, 5.41) is 11.6. The lowest BCUT2D eigenvalue weighted by Gasteiger charge is -2.14. The first-order valence-corrected chi connectivity index (χ1v) is 6.29. The summed E-state index contributed by atoms with van der Waals surface area (Å²) in [5.74, 6) is -2.94. The maximum absolute atomic E-state index is 13.4. The number of carbonyl (C=O) groups is 1. The van der Waals surface area contributed by atoms with Gasteiger partial charge in [-0.15, -0.1) is 0 Å². The van der Waals surface area contributed by atoms with Crippen LogP contribution in [0.5, 0.6) is 0 Å². The third kappa shape index (κ3) is 3.01. The minimum absolute atomic E-state index is 0.0168. The zero-order valence-electron chi connectivity index (χ0n) is 10.3. The number of benzene rings is 2. The molecule has 0 bridgehead atoms. The summed E-state index contributed by atoms with van der Waals surface area (Å²) in [7, 11) is 0. The van der Waals surface area contributed by atoms with Gasteiger partial charge in [0.1, 0.15) is 17.2 Å². The molecule has 0 aliphatic carbocycles. The third-order valence-corrected chi connectivity index (χ3v) is 3.27. The Labute approximate surface area is 128 Å². The highest BCUT2D eigenvalue weighted by Crippen LogP contribution is 2.36. The van der Waals surface area contributed by atoms with Crippen LogP contribution in [-0.4, -0.2) is 11.1 Å². The van der Waals surface area contributed by atoms with Gasteiger partial charge in [0.05, 0.1) is 27.1 Å². The van der Waals surface area contributed by atoms with Gasteiger partial charge in [-0.1, -0.05) is 23.2 Å². The van der Waals surface area contributed by atoms with Crippen LogP contribution >= 0.6 is 23.2 Å². The lowest BCUT2D eigenvalue weighted by molar-refractivity contribution is 0.0698. The SMILES string of the molecule is Nc1c(F)ccc(Nc2c(Cl)cc(F)cc2Cl)c1C(=O)O. The van der Waals surface area contributed by atoms with Crippen LogP contribution in [0.15, 0.2) is 24.3 Å². The molecule has 0 spiro atoms. The lowest BCUT2D eigenvalue weighted by Crippen LogP contribution is -2.09. The Balaban J connectivity index is 2.55. The third-order valence-electron chi connectivity index (χ3n) is 2.67. The molecule has 0 fully saturated rings. The number of nitrogens with one attached hydrogen (secondary N) is 1. The molecule has 0 aliphatic heterocycles. The van der Waals surface area contributed by atoms with Crippen LogP contribution in [0.3, 0.4) is 0 Å². The number of aromatic carboxylic acids is 1. The average Bonchev–Trinajstić information content (AvgIpc) is 2.37. The molecule has 0 heterocycles. The van der Waals surface area contributed by atoms with E-state index in [1.807, 2.05) is 0 Å². The Bertz CT molecular complexity index is 715. The first-order chi connectivity index (χ1) is 9.81. The maximum atomic E-state index is 13.4. The molecular formula is C13H8Cl2F2N2O2. The topological polar surface area (TPSA) is 75.3 Å². The maximum Gasteiger partial charge on any atom is 0.340 e. The summed E-state index contributed by atoms with van der Waals surface area (Å²) >= 11 is 11.7. The number of anilines is 3. The number of nitrogen functional groups attached to an aromatic ring is 1. The number of nitrogens with two attached hydrogens (primary N) is 1. The minimum Gasteiger partial charge on any atom is -0.478 e. The molecule has 2 rings (SSSR count). The van der Waals surface area contributed by atoms with Gasteiger partial charge in [-0.2, -0.15) is 0 Å². The Hall–Kier alpha value is -2.05. The van der Waals surface area contributed by atoms with E-state index in [1.54, 1.807) is 0 Å². The largest absolute Gasteiger partial charge is 0.478 e.